The lowest BCUT2D eigenvalue weighted by molar-refractivity contribution is -0.141. The number of alkyl halides is 2. The van der Waals surface area contributed by atoms with Crippen molar-refractivity contribution >= 4 is 85.2 Å². The van der Waals surface area contributed by atoms with Crippen molar-refractivity contribution in [1.29, 1.82) is 0 Å². The van der Waals surface area contributed by atoms with Crippen LogP contribution in [0, 0.1) is 17.8 Å². The molecule has 2 heterocycles. The van der Waals surface area contributed by atoms with E-state index >= 15 is 0 Å². The number of nitrogens with one attached hydrogen (secondary N) is 7. The number of sulfonamides is 1. The van der Waals surface area contributed by atoms with Crippen molar-refractivity contribution < 1.29 is 55.6 Å². The van der Waals surface area contributed by atoms with Gasteiger partial charge in [-0.3, -0.25) is 48.7 Å². The molecule has 68 heavy (non-hydrogen) atoms. The number of rotatable bonds is 24. The number of hydrogen-bond donors (Lipinski definition) is 7. The van der Waals surface area contributed by atoms with Gasteiger partial charge in [-0.2, -0.15) is 8.42 Å². The molecule has 1 aliphatic carbocycles. The summed E-state index contributed by atoms with van der Waals surface area (Å²) in [5, 5.41) is 21.5. The number of anilines is 1. The predicted molar refractivity (Wildman–Crippen MR) is 242 cm³/mol. The summed E-state index contributed by atoms with van der Waals surface area (Å²) in [5.41, 5.74) is 0.124. The van der Waals surface area contributed by atoms with Gasteiger partial charge in [-0.15, -0.1) is 10.2 Å². The third-order valence-corrected chi connectivity index (χ3v) is 13.6. The number of carbonyl (C=O) groups excluding carboxylic acids is 8. The van der Waals surface area contributed by atoms with Crippen LogP contribution in [0.25, 0.3) is 0 Å². The summed E-state index contributed by atoms with van der Waals surface area (Å²) >= 11 is 6.21. The van der Waals surface area contributed by atoms with Crippen LogP contribution in [0.2, 0.25) is 5.02 Å². The lowest BCUT2D eigenvalue weighted by atomic mass is 9.84. The normalized spacial score (nSPS) is 15.2. The maximum absolute atomic E-state index is 14.1. The minimum absolute atomic E-state index is 0.0180. The van der Waals surface area contributed by atoms with Gasteiger partial charge in [0, 0.05) is 29.4 Å². The molecule has 5 unspecified atom stereocenters. The molecule has 0 radical (unpaired) electrons. The fourth-order valence-electron chi connectivity index (χ4n) is 7.01. The van der Waals surface area contributed by atoms with E-state index in [-0.39, 0.29) is 41.1 Å². The molecule has 1 aromatic carbocycles. The Labute approximate surface area is 400 Å². The summed E-state index contributed by atoms with van der Waals surface area (Å²) in [7, 11) is -4.73. The van der Waals surface area contributed by atoms with Crippen LogP contribution < -0.4 is 36.6 Å². The van der Waals surface area contributed by atoms with Gasteiger partial charge in [-0.05, 0) is 54.9 Å². The summed E-state index contributed by atoms with van der Waals surface area (Å²) < 4.78 is 54.3. The molecular formula is C42H54ClF2N11O10S2. The second kappa shape index (κ2) is 25.9. The smallest absolute Gasteiger partial charge is 0.293 e. The van der Waals surface area contributed by atoms with Crippen molar-refractivity contribution in [1.82, 2.24) is 51.5 Å². The van der Waals surface area contributed by atoms with E-state index in [0.717, 1.165) is 19.3 Å². The number of benzene rings is 1. The fourth-order valence-corrected chi connectivity index (χ4v) is 9.02. The minimum atomic E-state index is -4.73. The molecule has 2 aromatic heterocycles. The topological polar surface area (TPSA) is 306 Å². The van der Waals surface area contributed by atoms with Crippen molar-refractivity contribution in [3.05, 3.63) is 59.1 Å². The Hall–Kier alpha value is -6.08. The van der Waals surface area contributed by atoms with E-state index in [2.05, 4.69) is 46.7 Å². The molecule has 21 nitrogen and oxygen atoms in total. The molecular weight excluding hydrogens is 956 g/mol. The summed E-state index contributed by atoms with van der Waals surface area (Å²) in [5.74, 6) is -9.27. The Morgan fingerprint density at radius 1 is 0.809 bits per heavy atom. The number of ketones is 1. The first-order chi connectivity index (χ1) is 32.2. The summed E-state index contributed by atoms with van der Waals surface area (Å²) in [6.45, 7) is 5.95. The molecule has 0 saturated heterocycles. The van der Waals surface area contributed by atoms with Gasteiger partial charge in [-0.25, -0.2) is 18.5 Å². The molecule has 0 aliphatic heterocycles. The number of nitrogens with zero attached hydrogens (tertiary/aromatic N) is 4. The lowest BCUT2D eigenvalue weighted by Gasteiger charge is -2.31. The van der Waals surface area contributed by atoms with Crippen LogP contribution in [0.3, 0.4) is 0 Å². The number of hydrogen-bond acceptors (Lipinski definition) is 15. The highest BCUT2D eigenvalue weighted by molar-refractivity contribution is 7.92. The summed E-state index contributed by atoms with van der Waals surface area (Å²) in [6, 6.07) is -0.252. The third-order valence-electron chi connectivity index (χ3n) is 10.7. The fraction of sp³-hybridized carbons (Fsp3) is 0.524. The van der Waals surface area contributed by atoms with Crippen molar-refractivity contribution in [2.24, 2.45) is 17.8 Å². The highest BCUT2D eigenvalue weighted by Crippen LogP contribution is 2.28. The molecule has 4 rings (SSSR count). The molecule has 1 aliphatic rings. The minimum Gasteiger partial charge on any atom is -0.344 e. The zero-order chi connectivity index (χ0) is 50.1. The van der Waals surface area contributed by atoms with E-state index in [4.69, 9.17) is 11.6 Å². The lowest BCUT2D eigenvalue weighted by Crippen LogP contribution is -2.60. The Morgan fingerprint density at radius 3 is 2.09 bits per heavy atom. The van der Waals surface area contributed by atoms with E-state index in [1.807, 2.05) is 19.2 Å². The van der Waals surface area contributed by atoms with Crippen molar-refractivity contribution in [3.63, 3.8) is 0 Å². The number of Topliss-reactive ketones (excluding diaryl/α,β-unsaturated/α-hetero) is 1. The number of amides is 7. The quantitative estimate of drug-likeness (QED) is 0.0502. The van der Waals surface area contributed by atoms with Gasteiger partial charge in [0.25, 0.3) is 38.0 Å². The molecule has 3 aromatic rings. The maximum atomic E-state index is 14.1. The SMILES string of the molecule is CCC(C)C(NC(=O)C(CC(C)C)NC(=O)c1cnccn1)C(=O)NC(CC1CCCCC1)C(=O)NC(CC(F)F)C(=O)C(=O)NCC(=O)NS(=O)(=O)c1nnc(NC(=O)c2ccc(Cl)cc2)s1. The second-order valence-electron chi connectivity index (χ2n) is 16.5. The van der Waals surface area contributed by atoms with E-state index in [1.54, 1.807) is 18.6 Å². The van der Waals surface area contributed by atoms with E-state index in [9.17, 15) is 55.6 Å². The Morgan fingerprint density at radius 2 is 1.47 bits per heavy atom. The first kappa shape index (κ1) is 54.5. The van der Waals surface area contributed by atoms with E-state index < -0.39 is 111 Å². The molecule has 1 fully saturated rings. The summed E-state index contributed by atoms with van der Waals surface area (Å²) in [4.78, 5) is 114. The first-order valence-corrected chi connectivity index (χ1v) is 24.4. The molecule has 7 amide bonds. The number of carbonyl (C=O) groups is 8. The summed E-state index contributed by atoms with van der Waals surface area (Å²) in [6.07, 6.45) is 3.82. The van der Waals surface area contributed by atoms with Gasteiger partial charge in [0.2, 0.25) is 35.1 Å². The third kappa shape index (κ3) is 16.9. The van der Waals surface area contributed by atoms with Crippen LogP contribution in [-0.4, -0.2) is 113 Å². The number of halogens is 3. The zero-order valence-corrected chi connectivity index (χ0v) is 39.9. The Kier molecular flexibility index (Phi) is 20.8. The van der Waals surface area contributed by atoms with E-state index in [0.29, 0.717) is 35.6 Å². The average molecular weight is 1010 g/mol. The number of aromatic nitrogens is 4. The van der Waals surface area contributed by atoms with Crippen LogP contribution in [-0.2, 0) is 38.8 Å². The molecule has 5 atom stereocenters. The highest BCUT2D eigenvalue weighted by Gasteiger charge is 2.37. The molecule has 7 N–H and O–H groups in total. The average Bonchev–Trinajstić information content (AvgIpc) is 3.78. The van der Waals surface area contributed by atoms with Gasteiger partial charge >= 0.3 is 0 Å². The monoisotopic (exact) mass is 1010 g/mol. The largest absolute Gasteiger partial charge is 0.344 e. The molecule has 370 valence electrons. The van der Waals surface area contributed by atoms with Crippen molar-refractivity contribution in [3.8, 4) is 0 Å². The standard InChI is InChI=1S/C42H54ClF2N11O10S2/c1-5-23(4)33(52-37(61)28(17-22(2)3)50-38(62)30-20-46-15-16-47-30)39(63)51-29(18-24-9-7-6-8-10-24)36(60)49-27(19-31(44)45)34(58)40(64)48-21-32(57)56-68(65,66)42-55-54-41(67-42)53-35(59)25-11-13-26(43)14-12-25/h11-16,20,22-24,27-29,31,33H,5-10,17-19,21H2,1-4H3,(H,48,64)(H,49,60)(H,50,62)(H,51,63)(H,52,61)(H,56,57)(H,53,54,59). The predicted octanol–water partition coefficient (Wildman–Crippen LogP) is 2.69. The van der Waals surface area contributed by atoms with E-state index in [1.165, 1.54) is 42.9 Å². The van der Waals surface area contributed by atoms with Gasteiger partial charge < -0.3 is 26.6 Å². The van der Waals surface area contributed by atoms with Gasteiger partial charge in [0.1, 0.15) is 29.9 Å². The Balaban J connectivity index is 1.43. The van der Waals surface area contributed by atoms with Crippen molar-refractivity contribution in [2.45, 2.75) is 120 Å². The molecule has 1 saturated carbocycles. The maximum Gasteiger partial charge on any atom is 0.293 e. The first-order valence-electron chi connectivity index (χ1n) is 21.7. The molecule has 0 spiro atoms. The Bertz CT molecular complexity index is 2370. The van der Waals surface area contributed by atoms with Gasteiger partial charge in [0.05, 0.1) is 12.7 Å². The van der Waals surface area contributed by atoms with Gasteiger partial charge in [-0.1, -0.05) is 89.2 Å². The van der Waals surface area contributed by atoms with Crippen LogP contribution in [0.1, 0.15) is 106 Å². The second-order valence-corrected chi connectivity index (χ2v) is 19.8. The van der Waals surface area contributed by atoms with Crippen LogP contribution in [0.4, 0.5) is 13.9 Å². The zero-order valence-electron chi connectivity index (χ0n) is 37.6. The van der Waals surface area contributed by atoms with Crippen LogP contribution in [0.15, 0.2) is 47.2 Å². The van der Waals surface area contributed by atoms with Crippen molar-refractivity contribution in [2.75, 3.05) is 11.9 Å². The highest BCUT2D eigenvalue weighted by atomic mass is 35.5. The molecule has 0 bridgehead atoms. The van der Waals surface area contributed by atoms with Crippen LogP contribution >= 0.6 is 22.9 Å². The van der Waals surface area contributed by atoms with Crippen LogP contribution in [0.5, 0.6) is 0 Å². The van der Waals surface area contributed by atoms with Gasteiger partial charge in [0.15, 0.2) is 0 Å². The molecule has 26 heteroatoms.